The molecule has 0 amide bonds. The van der Waals surface area contributed by atoms with Gasteiger partial charge in [-0.1, -0.05) is 23.7 Å². The Morgan fingerprint density at radius 1 is 1.16 bits per heavy atom. The first-order valence-corrected chi connectivity index (χ1v) is 6.13. The van der Waals surface area contributed by atoms with Crippen molar-refractivity contribution >= 4 is 17.3 Å². The molecule has 0 bridgehead atoms. The highest BCUT2D eigenvalue weighted by atomic mass is 35.5. The highest BCUT2D eigenvalue weighted by molar-refractivity contribution is 6.31. The minimum Gasteiger partial charge on any atom is -0.490 e. The molecule has 0 spiro atoms. The molecule has 2 N–H and O–H groups in total. The smallest absolute Gasteiger partial charge is 0.169 e. The Hall–Kier alpha value is -1.94. The summed E-state index contributed by atoms with van der Waals surface area (Å²) in [5, 5.41) is -0.0389. The number of hydrogen-bond donors (Lipinski definition) is 1. The number of nitrogens with two attached hydrogens (primary N) is 1. The van der Waals surface area contributed by atoms with Crippen LogP contribution in [0.15, 0.2) is 36.4 Å². The molecular formula is C14H13ClFNO2. The van der Waals surface area contributed by atoms with Gasteiger partial charge in [0.2, 0.25) is 0 Å². The number of benzene rings is 2. The van der Waals surface area contributed by atoms with Crippen LogP contribution in [0, 0.1) is 5.82 Å². The minimum absolute atomic E-state index is 0.0389. The molecule has 0 aliphatic carbocycles. The van der Waals surface area contributed by atoms with Crippen molar-refractivity contribution in [2.24, 2.45) is 0 Å². The molecule has 0 atom stereocenters. The van der Waals surface area contributed by atoms with E-state index in [-0.39, 0.29) is 16.5 Å². The molecular weight excluding hydrogens is 269 g/mol. The predicted octanol–water partition coefficient (Wildman–Crippen LogP) is 4.25. The maximum atomic E-state index is 13.4. The van der Waals surface area contributed by atoms with E-state index in [0.29, 0.717) is 18.1 Å². The first-order chi connectivity index (χ1) is 9.11. The van der Waals surface area contributed by atoms with Crippen LogP contribution in [0.3, 0.4) is 0 Å². The summed E-state index contributed by atoms with van der Waals surface area (Å²) in [6.45, 7) is 2.37. The van der Waals surface area contributed by atoms with Crippen molar-refractivity contribution in [3.63, 3.8) is 0 Å². The number of anilines is 1. The lowest BCUT2D eigenvalue weighted by atomic mass is 10.2. The molecule has 100 valence electrons. The van der Waals surface area contributed by atoms with Gasteiger partial charge in [0.1, 0.15) is 5.82 Å². The van der Waals surface area contributed by atoms with Gasteiger partial charge in [0.05, 0.1) is 17.3 Å². The second-order valence-electron chi connectivity index (χ2n) is 3.79. The Kier molecular flexibility index (Phi) is 4.12. The number of nitrogen functional groups attached to an aromatic ring is 1. The van der Waals surface area contributed by atoms with Crippen LogP contribution in [0.25, 0.3) is 0 Å². The summed E-state index contributed by atoms with van der Waals surface area (Å²) in [6.07, 6.45) is 0. The summed E-state index contributed by atoms with van der Waals surface area (Å²) in [4.78, 5) is 0. The van der Waals surface area contributed by atoms with Gasteiger partial charge in [0.15, 0.2) is 17.2 Å². The summed E-state index contributed by atoms with van der Waals surface area (Å²) in [6, 6.07) is 9.57. The zero-order valence-corrected chi connectivity index (χ0v) is 11.1. The second kappa shape index (κ2) is 5.80. The van der Waals surface area contributed by atoms with Crippen LogP contribution in [0.5, 0.6) is 17.2 Å². The van der Waals surface area contributed by atoms with Crippen molar-refractivity contribution in [2.45, 2.75) is 6.92 Å². The molecule has 19 heavy (non-hydrogen) atoms. The summed E-state index contributed by atoms with van der Waals surface area (Å²) < 4.78 is 24.4. The maximum Gasteiger partial charge on any atom is 0.169 e. The van der Waals surface area contributed by atoms with E-state index >= 15 is 0 Å². The highest BCUT2D eigenvalue weighted by Crippen LogP contribution is 2.36. The lowest BCUT2D eigenvalue weighted by molar-refractivity contribution is 0.321. The number of hydrogen-bond acceptors (Lipinski definition) is 3. The molecule has 0 saturated carbocycles. The summed E-state index contributed by atoms with van der Waals surface area (Å²) in [5.41, 5.74) is 6.01. The normalized spacial score (nSPS) is 10.3. The highest BCUT2D eigenvalue weighted by Gasteiger charge is 2.11. The van der Waals surface area contributed by atoms with Crippen LogP contribution in [-0.2, 0) is 0 Å². The first kappa shape index (κ1) is 13.5. The van der Waals surface area contributed by atoms with Gasteiger partial charge in [-0.05, 0) is 25.1 Å². The van der Waals surface area contributed by atoms with Gasteiger partial charge in [-0.15, -0.1) is 0 Å². The molecule has 5 heteroatoms. The Balaban J connectivity index is 2.33. The van der Waals surface area contributed by atoms with E-state index in [2.05, 4.69) is 0 Å². The average molecular weight is 282 g/mol. The van der Waals surface area contributed by atoms with E-state index in [1.165, 1.54) is 6.07 Å². The van der Waals surface area contributed by atoms with Gasteiger partial charge < -0.3 is 15.2 Å². The monoisotopic (exact) mass is 281 g/mol. The third-order valence-corrected chi connectivity index (χ3v) is 2.71. The van der Waals surface area contributed by atoms with Gasteiger partial charge in [-0.3, -0.25) is 0 Å². The lowest BCUT2D eigenvalue weighted by Gasteiger charge is -2.13. The van der Waals surface area contributed by atoms with Crippen LogP contribution in [0.4, 0.5) is 10.1 Å². The van der Waals surface area contributed by atoms with Crippen LogP contribution in [-0.4, -0.2) is 6.61 Å². The maximum absolute atomic E-state index is 13.4. The third kappa shape index (κ3) is 3.09. The summed E-state index contributed by atoms with van der Waals surface area (Å²) >= 11 is 5.63. The third-order valence-electron chi connectivity index (χ3n) is 2.42. The fourth-order valence-electron chi connectivity index (χ4n) is 1.56. The topological polar surface area (TPSA) is 44.5 Å². The Morgan fingerprint density at radius 2 is 1.84 bits per heavy atom. The van der Waals surface area contributed by atoms with Crippen LogP contribution < -0.4 is 15.2 Å². The lowest BCUT2D eigenvalue weighted by Crippen LogP contribution is -1.97. The zero-order valence-electron chi connectivity index (χ0n) is 10.3. The van der Waals surface area contributed by atoms with Crippen molar-refractivity contribution in [1.29, 1.82) is 0 Å². The quantitative estimate of drug-likeness (QED) is 0.852. The van der Waals surface area contributed by atoms with E-state index in [1.54, 1.807) is 18.2 Å². The van der Waals surface area contributed by atoms with Crippen molar-refractivity contribution in [3.8, 4) is 17.2 Å². The Labute approximate surface area is 115 Å². The molecule has 0 fully saturated rings. The van der Waals surface area contributed by atoms with Gasteiger partial charge in [0.25, 0.3) is 0 Å². The molecule has 0 saturated heterocycles. The average Bonchev–Trinajstić information content (AvgIpc) is 2.38. The Bertz CT molecular complexity index is 590. The van der Waals surface area contributed by atoms with Crippen molar-refractivity contribution in [1.82, 2.24) is 0 Å². The molecule has 0 aliphatic rings. The molecule has 3 nitrogen and oxygen atoms in total. The SMILES string of the molecule is CCOc1ccccc1Oc1cc(F)c(Cl)cc1N. The standard InChI is InChI=1S/C14H13ClFNO2/c1-2-18-12-5-3-4-6-13(12)19-14-8-10(16)9(15)7-11(14)17/h3-8H,2,17H2,1H3. The van der Waals surface area contributed by atoms with Crippen molar-refractivity contribution < 1.29 is 13.9 Å². The van der Waals surface area contributed by atoms with E-state index in [4.69, 9.17) is 26.8 Å². The fourth-order valence-corrected chi connectivity index (χ4v) is 1.73. The molecule has 0 radical (unpaired) electrons. The molecule has 2 aromatic carbocycles. The number of rotatable bonds is 4. The molecule has 2 aromatic rings. The van der Waals surface area contributed by atoms with E-state index in [1.807, 2.05) is 13.0 Å². The first-order valence-electron chi connectivity index (χ1n) is 5.76. The number of para-hydroxylation sites is 2. The van der Waals surface area contributed by atoms with Crippen LogP contribution >= 0.6 is 11.6 Å². The Morgan fingerprint density at radius 3 is 2.53 bits per heavy atom. The second-order valence-corrected chi connectivity index (χ2v) is 4.19. The van der Waals surface area contributed by atoms with Crippen LogP contribution in [0.1, 0.15) is 6.92 Å². The molecule has 0 aliphatic heterocycles. The van der Waals surface area contributed by atoms with E-state index < -0.39 is 5.82 Å². The molecule has 0 heterocycles. The van der Waals surface area contributed by atoms with Gasteiger partial charge in [-0.2, -0.15) is 0 Å². The molecule has 2 rings (SSSR count). The molecule has 0 aromatic heterocycles. The largest absolute Gasteiger partial charge is 0.490 e. The summed E-state index contributed by atoms with van der Waals surface area (Å²) in [7, 11) is 0. The summed E-state index contributed by atoms with van der Waals surface area (Å²) in [5.74, 6) is 0.659. The number of ether oxygens (including phenoxy) is 2. The van der Waals surface area contributed by atoms with E-state index in [0.717, 1.165) is 6.07 Å². The molecule has 0 unspecified atom stereocenters. The minimum atomic E-state index is -0.584. The zero-order chi connectivity index (χ0) is 13.8. The van der Waals surface area contributed by atoms with Gasteiger partial charge in [-0.25, -0.2) is 4.39 Å². The number of halogens is 2. The van der Waals surface area contributed by atoms with Crippen molar-refractivity contribution in [3.05, 3.63) is 47.2 Å². The fraction of sp³-hybridized carbons (Fsp3) is 0.143. The van der Waals surface area contributed by atoms with Gasteiger partial charge in [0, 0.05) is 6.07 Å². The van der Waals surface area contributed by atoms with Gasteiger partial charge >= 0.3 is 0 Å². The van der Waals surface area contributed by atoms with Crippen molar-refractivity contribution in [2.75, 3.05) is 12.3 Å². The van der Waals surface area contributed by atoms with Crippen LogP contribution in [0.2, 0.25) is 5.02 Å². The predicted molar refractivity (Wildman–Crippen MR) is 73.5 cm³/mol. The van der Waals surface area contributed by atoms with E-state index in [9.17, 15) is 4.39 Å².